The van der Waals surface area contributed by atoms with Gasteiger partial charge in [-0.3, -0.25) is 4.99 Å². The minimum Gasteiger partial charge on any atom is -0.267 e. The zero-order chi connectivity index (χ0) is 10.3. The van der Waals surface area contributed by atoms with Crippen LogP contribution >= 0.6 is 0 Å². The summed E-state index contributed by atoms with van der Waals surface area (Å²) in [5, 5.41) is 0. The van der Waals surface area contributed by atoms with Crippen LogP contribution in [-0.2, 0) is 0 Å². The minimum atomic E-state index is -4.32. The van der Waals surface area contributed by atoms with Crippen LogP contribution in [0.15, 0.2) is 29.3 Å². The fraction of sp³-hybridized carbons (Fsp3) is 0.222. The number of hydrogen-bond acceptors (Lipinski definition) is 1. The Morgan fingerprint density at radius 1 is 1.07 bits per heavy atom. The van der Waals surface area contributed by atoms with E-state index in [0.717, 1.165) is 12.1 Å². The van der Waals surface area contributed by atoms with Crippen molar-refractivity contribution < 1.29 is 17.6 Å². The molecular weight excluding hydrogens is 198 g/mol. The van der Waals surface area contributed by atoms with Crippen LogP contribution in [0.5, 0.6) is 0 Å². The van der Waals surface area contributed by atoms with E-state index in [-0.39, 0.29) is 5.71 Å². The Labute approximate surface area is 77.1 Å². The topological polar surface area (TPSA) is 12.4 Å². The van der Waals surface area contributed by atoms with Crippen molar-refractivity contribution in [3.05, 3.63) is 35.6 Å². The zero-order valence-corrected chi connectivity index (χ0v) is 6.85. The second-order valence-corrected chi connectivity index (χ2v) is 2.97. The maximum absolute atomic E-state index is 12.4. The van der Waals surface area contributed by atoms with Crippen molar-refractivity contribution in [1.29, 1.82) is 0 Å². The Morgan fingerprint density at radius 2 is 1.64 bits per heavy atom. The second-order valence-electron chi connectivity index (χ2n) is 2.97. The molecule has 1 aliphatic rings. The molecule has 0 bridgehead atoms. The Balaban J connectivity index is 2.14. The smallest absolute Gasteiger partial charge is 0.267 e. The molecule has 1 heterocycles. The first-order valence-corrected chi connectivity index (χ1v) is 3.89. The van der Waals surface area contributed by atoms with Crippen molar-refractivity contribution in [3.63, 3.8) is 0 Å². The molecule has 5 heteroatoms. The summed E-state index contributed by atoms with van der Waals surface area (Å²) in [6.45, 7) is 0. The van der Waals surface area contributed by atoms with Crippen molar-refractivity contribution in [2.24, 2.45) is 4.99 Å². The van der Waals surface area contributed by atoms with E-state index in [0.29, 0.717) is 5.56 Å². The maximum Gasteiger partial charge on any atom is 0.416 e. The van der Waals surface area contributed by atoms with Crippen molar-refractivity contribution in [2.45, 2.75) is 12.2 Å². The minimum absolute atomic E-state index is 0.0162. The van der Waals surface area contributed by atoms with Gasteiger partial charge in [0.2, 0.25) is 0 Å². The molecule has 0 saturated carbocycles. The molecule has 1 nitrogen and oxygen atoms in total. The van der Waals surface area contributed by atoms with Gasteiger partial charge in [0.05, 0.1) is 5.71 Å². The molecule has 14 heavy (non-hydrogen) atoms. The third-order valence-electron chi connectivity index (χ3n) is 1.91. The normalized spacial score (nSPS) is 20.6. The Bertz CT molecular complexity index is 377. The van der Waals surface area contributed by atoms with E-state index in [4.69, 9.17) is 0 Å². The van der Waals surface area contributed by atoms with Gasteiger partial charge in [-0.05, 0) is 17.7 Å². The first-order valence-electron chi connectivity index (χ1n) is 3.89. The van der Waals surface area contributed by atoms with Gasteiger partial charge in [0.25, 0.3) is 0 Å². The summed E-state index contributed by atoms with van der Waals surface area (Å²) in [6, 6.07) is 3.13. The summed E-state index contributed by atoms with van der Waals surface area (Å²) >= 11 is 0. The van der Waals surface area contributed by atoms with E-state index in [1.807, 2.05) is 0 Å². The lowest BCUT2D eigenvalue weighted by molar-refractivity contribution is -0.124. The van der Waals surface area contributed by atoms with Crippen molar-refractivity contribution >= 4 is 5.71 Å². The Morgan fingerprint density at radius 3 is 2.07 bits per heavy atom. The number of hydrogen-bond donors (Lipinski definition) is 0. The molecule has 1 aromatic carbocycles. The van der Waals surface area contributed by atoms with Crippen LogP contribution in [0.3, 0.4) is 0 Å². The third kappa shape index (κ3) is 1.62. The summed E-state index contributed by atoms with van der Waals surface area (Å²) < 4.78 is 48.6. The summed E-state index contributed by atoms with van der Waals surface area (Å²) in [6.07, 6.45) is -4.32. The average molecular weight is 203 g/mol. The monoisotopic (exact) mass is 203 g/mol. The molecule has 0 aliphatic carbocycles. The molecule has 0 amide bonds. The van der Waals surface area contributed by atoms with Crippen LogP contribution in [-0.4, -0.2) is 17.9 Å². The molecule has 1 atom stereocenters. The van der Waals surface area contributed by atoms with Gasteiger partial charge in [-0.25, -0.2) is 4.39 Å². The van der Waals surface area contributed by atoms with E-state index >= 15 is 0 Å². The molecule has 1 aliphatic heterocycles. The lowest BCUT2D eigenvalue weighted by Crippen LogP contribution is -2.21. The molecular formula is C9H5F4N. The predicted molar refractivity (Wildman–Crippen MR) is 42.8 cm³/mol. The summed E-state index contributed by atoms with van der Waals surface area (Å²) in [5.74, 6) is -0.474. The Kier molecular flexibility index (Phi) is 1.83. The molecule has 1 unspecified atom stereocenters. The molecule has 2 rings (SSSR count). The molecule has 0 radical (unpaired) electrons. The average Bonchev–Trinajstić information content (AvgIpc) is 2.83. The van der Waals surface area contributed by atoms with E-state index in [2.05, 4.69) is 4.99 Å². The van der Waals surface area contributed by atoms with E-state index in [9.17, 15) is 17.6 Å². The van der Waals surface area contributed by atoms with Crippen LogP contribution in [0.4, 0.5) is 17.6 Å². The standard InChI is InChI=1S/C9H5F4N/c10-6-3-1-5(2-4-6)7-8(14-7)9(11,12)13/h1-4,8H. The molecule has 1 aromatic rings. The predicted octanol–water partition coefficient (Wildman–Crippen LogP) is 2.56. The second kappa shape index (κ2) is 2.80. The van der Waals surface area contributed by atoms with E-state index < -0.39 is 18.0 Å². The number of halogens is 4. The van der Waals surface area contributed by atoms with Gasteiger partial charge < -0.3 is 0 Å². The number of alkyl halides is 3. The van der Waals surface area contributed by atoms with Crippen LogP contribution in [0.2, 0.25) is 0 Å². The molecule has 0 aromatic heterocycles. The van der Waals surface area contributed by atoms with E-state index in [1.54, 1.807) is 0 Å². The van der Waals surface area contributed by atoms with Gasteiger partial charge in [0.1, 0.15) is 5.82 Å². The fourth-order valence-electron chi connectivity index (χ4n) is 1.18. The van der Waals surface area contributed by atoms with Crippen LogP contribution in [0.1, 0.15) is 5.56 Å². The van der Waals surface area contributed by atoms with Gasteiger partial charge in [-0.1, -0.05) is 12.1 Å². The summed E-state index contributed by atoms with van der Waals surface area (Å²) in [4.78, 5) is 3.30. The van der Waals surface area contributed by atoms with Crippen LogP contribution < -0.4 is 0 Å². The quantitative estimate of drug-likeness (QED) is 0.622. The highest BCUT2D eigenvalue weighted by Crippen LogP contribution is 2.34. The van der Waals surface area contributed by atoms with Crippen molar-refractivity contribution in [3.8, 4) is 0 Å². The van der Waals surface area contributed by atoms with Gasteiger partial charge in [0.15, 0.2) is 6.04 Å². The van der Waals surface area contributed by atoms with Crippen LogP contribution in [0, 0.1) is 5.82 Å². The van der Waals surface area contributed by atoms with Crippen molar-refractivity contribution in [1.82, 2.24) is 0 Å². The first-order chi connectivity index (χ1) is 6.48. The lowest BCUT2D eigenvalue weighted by Gasteiger charge is -2.02. The highest BCUT2D eigenvalue weighted by Gasteiger charge is 2.51. The SMILES string of the molecule is Fc1ccc(C2=NC2C(F)(F)F)cc1. The van der Waals surface area contributed by atoms with Gasteiger partial charge in [0, 0.05) is 0 Å². The first kappa shape index (κ1) is 9.18. The molecule has 74 valence electrons. The van der Waals surface area contributed by atoms with Gasteiger partial charge in [-0.2, -0.15) is 13.2 Å². The van der Waals surface area contributed by atoms with Gasteiger partial charge in [-0.15, -0.1) is 0 Å². The fourth-order valence-corrected chi connectivity index (χ4v) is 1.18. The third-order valence-corrected chi connectivity index (χ3v) is 1.91. The van der Waals surface area contributed by atoms with E-state index in [1.165, 1.54) is 12.1 Å². The highest BCUT2D eigenvalue weighted by molar-refractivity contribution is 6.13. The number of nitrogens with zero attached hydrogens (tertiary/aromatic N) is 1. The summed E-state index contributed by atoms with van der Waals surface area (Å²) in [7, 11) is 0. The number of benzene rings is 1. The number of rotatable bonds is 1. The lowest BCUT2D eigenvalue weighted by atomic mass is 10.1. The maximum atomic E-state index is 12.4. The Hall–Kier alpha value is -1.39. The molecule has 0 fully saturated rings. The molecule has 0 N–H and O–H groups in total. The molecule has 0 spiro atoms. The van der Waals surface area contributed by atoms with Gasteiger partial charge >= 0.3 is 6.18 Å². The highest BCUT2D eigenvalue weighted by atomic mass is 19.4. The molecule has 0 saturated heterocycles. The zero-order valence-electron chi connectivity index (χ0n) is 6.85. The largest absolute Gasteiger partial charge is 0.416 e. The van der Waals surface area contributed by atoms with Crippen LogP contribution in [0.25, 0.3) is 0 Å². The van der Waals surface area contributed by atoms with Crippen molar-refractivity contribution in [2.75, 3.05) is 0 Å². The number of aliphatic imine (C=N–C) groups is 1. The summed E-state index contributed by atoms with van der Waals surface area (Å²) in [5.41, 5.74) is 0.311.